The lowest BCUT2D eigenvalue weighted by Gasteiger charge is -2.14. The van der Waals surface area contributed by atoms with E-state index in [4.69, 9.17) is 11.6 Å². The van der Waals surface area contributed by atoms with Gasteiger partial charge in [0, 0.05) is 15.9 Å². The van der Waals surface area contributed by atoms with Crippen LogP contribution < -0.4 is 0 Å². The van der Waals surface area contributed by atoms with E-state index in [9.17, 15) is 9.50 Å². The molecule has 0 radical (unpaired) electrons. The molecule has 0 saturated heterocycles. The number of aliphatic hydroxyl groups is 1. The molecule has 2 aromatic rings. The molecule has 0 aliphatic carbocycles. The second kappa shape index (κ2) is 6.04. The van der Waals surface area contributed by atoms with Gasteiger partial charge >= 0.3 is 0 Å². The molecule has 0 heterocycles. The summed E-state index contributed by atoms with van der Waals surface area (Å²) in [6, 6.07) is 9.97. The molecule has 2 rings (SSSR count). The molecular weight excluding hydrogens is 331 g/mol. The fourth-order valence-electron chi connectivity index (χ4n) is 1.91. The maximum atomic E-state index is 13.0. The summed E-state index contributed by atoms with van der Waals surface area (Å²) in [6.07, 6.45) is -0.334. The minimum Gasteiger partial charge on any atom is -0.388 e. The highest BCUT2D eigenvalue weighted by molar-refractivity contribution is 9.10. The van der Waals surface area contributed by atoms with Crippen molar-refractivity contribution in [2.75, 3.05) is 0 Å². The monoisotopic (exact) mass is 342 g/mol. The first-order valence-corrected chi connectivity index (χ1v) is 7.02. The fourth-order valence-corrected chi connectivity index (χ4v) is 2.91. The number of halogens is 3. The SMILES string of the molecule is Cc1ccc(C(O)Cc2ccc(F)cc2Cl)c(Br)c1. The zero-order valence-corrected chi connectivity index (χ0v) is 12.7. The van der Waals surface area contributed by atoms with E-state index >= 15 is 0 Å². The molecule has 1 N–H and O–H groups in total. The molecule has 19 heavy (non-hydrogen) atoms. The molecule has 2 aromatic carbocycles. The van der Waals surface area contributed by atoms with Crippen molar-refractivity contribution in [3.63, 3.8) is 0 Å². The smallest absolute Gasteiger partial charge is 0.124 e. The third kappa shape index (κ3) is 3.56. The van der Waals surface area contributed by atoms with E-state index in [0.29, 0.717) is 11.4 Å². The Hall–Kier alpha value is -0.900. The van der Waals surface area contributed by atoms with Crippen molar-refractivity contribution in [2.45, 2.75) is 19.4 Å². The summed E-state index contributed by atoms with van der Waals surface area (Å²) in [5, 5.41) is 10.6. The van der Waals surface area contributed by atoms with Gasteiger partial charge in [-0.15, -0.1) is 0 Å². The van der Waals surface area contributed by atoms with Crippen LogP contribution in [-0.2, 0) is 6.42 Å². The number of benzene rings is 2. The molecule has 4 heteroatoms. The summed E-state index contributed by atoms with van der Waals surface area (Å²) < 4.78 is 13.8. The Labute approximate surface area is 125 Å². The zero-order valence-electron chi connectivity index (χ0n) is 10.3. The summed E-state index contributed by atoms with van der Waals surface area (Å²) >= 11 is 9.40. The van der Waals surface area contributed by atoms with E-state index in [1.807, 2.05) is 25.1 Å². The Balaban J connectivity index is 2.23. The van der Waals surface area contributed by atoms with Gasteiger partial charge in [-0.1, -0.05) is 45.7 Å². The highest BCUT2D eigenvalue weighted by atomic mass is 79.9. The highest BCUT2D eigenvalue weighted by Crippen LogP contribution is 2.29. The first-order chi connectivity index (χ1) is 8.97. The standard InChI is InChI=1S/C15H13BrClFO/c1-9-2-5-12(13(16)6-9)15(19)7-10-3-4-11(18)8-14(10)17/h2-6,8,15,19H,7H2,1H3. The normalized spacial score (nSPS) is 12.5. The van der Waals surface area contributed by atoms with Crippen molar-refractivity contribution in [3.8, 4) is 0 Å². The summed E-state index contributed by atoms with van der Waals surface area (Å²) in [4.78, 5) is 0. The summed E-state index contributed by atoms with van der Waals surface area (Å²) in [5.41, 5.74) is 2.64. The molecule has 1 atom stereocenters. The third-order valence-corrected chi connectivity index (χ3v) is 3.98. The van der Waals surface area contributed by atoms with Gasteiger partial charge in [0.2, 0.25) is 0 Å². The Morgan fingerprint density at radius 1 is 1.26 bits per heavy atom. The maximum absolute atomic E-state index is 13.0. The average molecular weight is 344 g/mol. The van der Waals surface area contributed by atoms with E-state index in [-0.39, 0.29) is 5.82 Å². The van der Waals surface area contributed by atoms with Crippen LogP contribution in [0.15, 0.2) is 40.9 Å². The number of hydrogen-bond donors (Lipinski definition) is 1. The van der Waals surface area contributed by atoms with Crippen molar-refractivity contribution in [3.05, 3.63) is 68.4 Å². The van der Waals surface area contributed by atoms with Crippen LogP contribution in [0.2, 0.25) is 5.02 Å². The van der Waals surface area contributed by atoms with Crippen molar-refractivity contribution in [1.82, 2.24) is 0 Å². The summed E-state index contributed by atoms with van der Waals surface area (Å²) in [7, 11) is 0. The number of hydrogen-bond acceptors (Lipinski definition) is 1. The van der Waals surface area contributed by atoms with Gasteiger partial charge in [-0.25, -0.2) is 4.39 Å². The quantitative estimate of drug-likeness (QED) is 0.846. The lowest BCUT2D eigenvalue weighted by atomic mass is 10.0. The van der Waals surface area contributed by atoms with Gasteiger partial charge in [0.25, 0.3) is 0 Å². The molecule has 0 aliphatic rings. The minimum absolute atomic E-state index is 0.335. The Kier molecular flexibility index (Phi) is 4.61. The van der Waals surface area contributed by atoms with Crippen molar-refractivity contribution < 1.29 is 9.50 Å². The van der Waals surface area contributed by atoms with E-state index in [0.717, 1.165) is 21.2 Å². The number of rotatable bonds is 3. The second-order valence-electron chi connectivity index (χ2n) is 4.48. The number of aryl methyl sites for hydroxylation is 1. The summed E-state index contributed by atoms with van der Waals surface area (Å²) in [6.45, 7) is 1.98. The predicted molar refractivity (Wildman–Crippen MR) is 79.0 cm³/mol. The second-order valence-corrected chi connectivity index (χ2v) is 5.74. The molecule has 0 aromatic heterocycles. The molecule has 0 spiro atoms. The third-order valence-electron chi connectivity index (χ3n) is 2.94. The maximum Gasteiger partial charge on any atom is 0.124 e. The molecular formula is C15H13BrClFO. The van der Waals surface area contributed by atoms with E-state index in [2.05, 4.69) is 15.9 Å². The van der Waals surface area contributed by atoms with Crippen molar-refractivity contribution >= 4 is 27.5 Å². The summed E-state index contributed by atoms with van der Waals surface area (Å²) in [5.74, 6) is -0.375. The van der Waals surface area contributed by atoms with Crippen LogP contribution >= 0.6 is 27.5 Å². The molecule has 0 amide bonds. The average Bonchev–Trinajstić information content (AvgIpc) is 2.32. The largest absolute Gasteiger partial charge is 0.388 e. The molecule has 0 bridgehead atoms. The van der Waals surface area contributed by atoms with Crippen LogP contribution in [0.3, 0.4) is 0 Å². The van der Waals surface area contributed by atoms with Crippen molar-refractivity contribution in [2.24, 2.45) is 0 Å². The first-order valence-electron chi connectivity index (χ1n) is 5.85. The molecule has 0 aliphatic heterocycles. The lowest BCUT2D eigenvalue weighted by Crippen LogP contribution is -2.03. The molecule has 1 nitrogen and oxygen atoms in total. The van der Waals surface area contributed by atoms with Crippen LogP contribution in [0.25, 0.3) is 0 Å². The van der Waals surface area contributed by atoms with Gasteiger partial charge in [-0.05, 0) is 41.8 Å². The van der Waals surface area contributed by atoms with Gasteiger partial charge in [0.1, 0.15) is 5.82 Å². The van der Waals surface area contributed by atoms with Gasteiger partial charge in [0.15, 0.2) is 0 Å². The lowest BCUT2D eigenvalue weighted by molar-refractivity contribution is 0.177. The Morgan fingerprint density at radius 3 is 2.63 bits per heavy atom. The molecule has 0 fully saturated rings. The zero-order chi connectivity index (χ0) is 14.0. The van der Waals surface area contributed by atoms with Crippen LogP contribution in [0.4, 0.5) is 4.39 Å². The van der Waals surface area contributed by atoms with Crippen LogP contribution in [-0.4, -0.2) is 5.11 Å². The van der Waals surface area contributed by atoms with E-state index < -0.39 is 6.10 Å². The highest BCUT2D eigenvalue weighted by Gasteiger charge is 2.14. The first kappa shape index (κ1) is 14.5. The topological polar surface area (TPSA) is 20.2 Å². The molecule has 0 saturated carbocycles. The van der Waals surface area contributed by atoms with Crippen LogP contribution in [0.1, 0.15) is 22.8 Å². The Bertz CT molecular complexity index is 601. The molecule has 1 unspecified atom stereocenters. The number of aliphatic hydroxyl groups excluding tert-OH is 1. The van der Waals surface area contributed by atoms with Gasteiger partial charge in [-0.3, -0.25) is 0 Å². The van der Waals surface area contributed by atoms with E-state index in [1.165, 1.54) is 12.1 Å². The van der Waals surface area contributed by atoms with Crippen LogP contribution in [0.5, 0.6) is 0 Å². The van der Waals surface area contributed by atoms with Crippen molar-refractivity contribution in [1.29, 1.82) is 0 Å². The van der Waals surface area contributed by atoms with Gasteiger partial charge in [-0.2, -0.15) is 0 Å². The fraction of sp³-hybridized carbons (Fsp3) is 0.200. The molecule has 100 valence electrons. The van der Waals surface area contributed by atoms with Crippen LogP contribution in [0, 0.1) is 12.7 Å². The van der Waals surface area contributed by atoms with Gasteiger partial charge < -0.3 is 5.11 Å². The predicted octanol–water partition coefficient (Wildman–Crippen LogP) is 4.83. The Morgan fingerprint density at radius 2 is 2.00 bits per heavy atom. The minimum atomic E-state index is -0.682. The van der Waals surface area contributed by atoms with Gasteiger partial charge in [0.05, 0.1) is 6.10 Å². The van der Waals surface area contributed by atoms with E-state index in [1.54, 1.807) is 6.07 Å².